The van der Waals surface area contributed by atoms with Crippen LogP contribution in [0.3, 0.4) is 0 Å². The van der Waals surface area contributed by atoms with Gasteiger partial charge in [0.15, 0.2) is 5.78 Å². The lowest BCUT2D eigenvalue weighted by atomic mass is 9.93. The highest BCUT2D eigenvalue weighted by atomic mass is 16.5. The quantitative estimate of drug-likeness (QED) is 0.350. The minimum Gasteiger partial charge on any atom is -0.494 e. The van der Waals surface area contributed by atoms with Crippen LogP contribution in [0.5, 0.6) is 5.75 Å². The van der Waals surface area contributed by atoms with Crippen molar-refractivity contribution in [1.29, 1.82) is 0 Å². The van der Waals surface area contributed by atoms with Crippen molar-refractivity contribution in [2.45, 2.75) is 39.2 Å². The molecule has 0 saturated heterocycles. The summed E-state index contributed by atoms with van der Waals surface area (Å²) in [5.74, 6) is 0.647. The third-order valence-corrected chi connectivity index (χ3v) is 7.20. The normalized spacial score (nSPS) is 14.5. The first-order chi connectivity index (χ1) is 19.4. The van der Waals surface area contributed by atoms with Gasteiger partial charge in [-0.25, -0.2) is 0 Å². The number of aryl methyl sites for hydroxylation is 1. The van der Waals surface area contributed by atoms with Crippen LogP contribution < -0.4 is 10.1 Å². The molecule has 0 radical (unpaired) electrons. The number of rotatable bonds is 11. The first-order valence-electron chi connectivity index (χ1n) is 13.9. The van der Waals surface area contributed by atoms with E-state index in [1.807, 2.05) is 18.2 Å². The smallest absolute Gasteiger partial charge is 0.258 e. The minimum absolute atomic E-state index is 0.0549. The maximum atomic E-state index is 13.0. The van der Waals surface area contributed by atoms with Crippen molar-refractivity contribution in [2.75, 3.05) is 27.2 Å². The summed E-state index contributed by atoms with van der Waals surface area (Å²) in [5.41, 5.74) is 7.38. The predicted molar refractivity (Wildman–Crippen MR) is 157 cm³/mol. The average molecular weight is 537 g/mol. The molecule has 2 aromatic carbocycles. The first-order valence-corrected chi connectivity index (χ1v) is 13.9. The number of nitrogens with one attached hydrogen (secondary N) is 1. The van der Waals surface area contributed by atoms with E-state index in [1.54, 1.807) is 29.2 Å². The highest BCUT2D eigenvalue weighted by molar-refractivity contribution is 6.04. The fourth-order valence-electron chi connectivity index (χ4n) is 5.02. The van der Waals surface area contributed by atoms with Crippen molar-refractivity contribution in [3.8, 4) is 5.75 Å². The van der Waals surface area contributed by atoms with Crippen molar-refractivity contribution < 1.29 is 14.3 Å². The molecule has 0 bridgehead atoms. The van der Waals surface area contributed by atoms with Crippen molar-refractivity contribution in [1.82, 2.24) is 20.0 Å². The van der Waals surface area contributed by atoms with Crippen molar-refractivity contribution in [2.24, 2.45) is 0 Å². The standard InChI is InChI=1S/C33H36N4O3/c1-4-23-7-5-8-24(15-23)21-37-22-28(20-34-37)33(39)35-29-10-12-32(38)31(19-29)27-16-25-9-11-30(18-26(25)17-27)40-14-6-13-36(2)3/h5,7-11,15,17-20,22H,4,6,12-14,16,21H2,1-3H3,(H,35,39). The SMILES string of the molecule is CCc1cccc(Cn2cc(C(=O)NC3=CCC(=O)C(C4=Cc5cc(OCCCN(C)C)ccc5C4)=C3)cn2)c1. The van der Waals surface area contributed by atoms with E-state index in [4.69, 9.17) is 4.74 Å². The number of carbonyl (C=O) groups is 2. The Morgan fingerprint density at radius 3 is 2.80 bits per heavy atom. The third kappa shape index (κ3) is 6.66. The van der Waals surface area contributed by atoms with Crippen molar-refractivity contribution in [3.63, 3.8) is 0 Å². The summed E-state index contributed by atoms with van der Waals surface area (Å²) >= 11 is 0. The van der Waals surface area contributed by atoms with E-state index >= 15 is 0 Å². The highest BCUT2D eigenvalue weighted by Crippen LogP contribution is 2.34. The number of nitrogens with zero attached hydrogens (tertiary/aromatic N) is 3. The molecule has 0 spiro atoms. The molecule has 1 amide bonds. The molecular weight excluding hydrogens is 500 g/mol. The van der Waals surface area contributed by atoms with Gasteiger partial charge in [-0.3, -0.25) is 14.3 Å². The van der Waals surface area contributed by atoms with Gasteiger partial charge in [0.05, 0.1) is 24.9 Å². The topological polar surface area (TPSA) is 76.5 Å². The number of aromatic nitrogens is 2. The van der Waals surface area contributed by atoms with Gasteiger partial charge in [-0.1, -0.05) is 49.4 Å². The Kier molecular flexibility index (Phi) is 8.41. The molecule has 1 heterocycles. The van der Waals surface area contributed by atoms with Gasteiger partial charge in [0.1, 0.15) is 5.75 Å². The average Bonchev–Trinajstić information content (AvgIpc) is 3.59. The summed E-state index contributed by atoms with van der Waals surface area (Å²) in [4.78, 5) is 28.0. The van der Waals surface area contributed by atoms with E-state index in [9.17, 15) is 9.59 Å². The maximum absolute atomic E-state index is 13.0. The van der Waals surface area contributed by atoms with E-state index < -0.39 is 0 Å². The molecule has 2 aliphatic carbocycles. The second-order valence-electron chi connectivity index (χ2n) is 10.6. The second-order valence-corrected chi connectivity index (χ2v) is 10.6. The van der Waals surface area contributed by atoms with Gasteiger partial charge < -0.3 is 15.0 Å². The van der Waals surface area contributed by atoms with Gasteiger partial charge in [0, 0.05) is 30.4 Å². The number of hydrogen-bond acceptors (Lipinski definition) is 5. The van der Waals surface area contributed by atoms with Crippen LogP contribution in [0.15, 0.2) is 83.9 Å². The Bertz CT molecular complexity index is 1510. The molecule has 2 aliphatic rings. The predicted octanol–water partition coefficient (Wildman–Crippen LogP) is 4.98. The number of allylic oxidation sites excluding steroid dienone is 4. The molecular formula is C33H36N4O3. The summed E-state index contributed by atoms with van der Waals surface area (Å²) in [6.07, 6.45) is 11.8. The van der Waals surface area contributed by atoms with Crippen molar-refractivity contribution in [3.05, 3.63) is 112 Å². The molecule has 1 N–H and O–H groups in total. The minimum atomic E-state index is -0.246. The molecule has 3 aromatic rings. The Morgan fingerprint density at radius 2 is 1.98 bits per heavy atom. The molecule has 5 rings (SSSR count). The van der Waals surface area contributed by atoms with Crippen LogP contribution in [0.4, 0.5) is 0 Å². The third-order valence-electron chi connectivity index (χ3n) is 7.20. The van der Waals surface area contributed by atoms with Crippen LogP contribution >= 0.6 is 0 Å². The number of amides is 1. The van der Waals surface area contributed by atoms with E-state index in [2.05, 4.69) is 66.7 Å². The molecule has 40 heavy (non-hydrogen) atoms. The molecule has 7 nitrogen and oxygen atoms in total. The lowest BCUT2D eigenvalue weighted by Gasteiger charge is -2.15. The largest absolute Gasteiger partial charge is 0.494 e. The van der Waals surface area contributed by atoms with Gasteiger partial charge in [-0.2, -0.15) is 5.10 Å². The summed E-state index contributed by atoms with van der Waals surface area (Å²) in [7, 11) is 4.11. The van der Waals surface area contributed by atoms with Crippen LogP contribution in [0.25, 0.3) is 6.08 Å². The van der Waals surface area contributed by atoms with Gasteiger partial charge in [-0.15, -0.1) is 0 Å². The molecule has 0 saturated carbocycles. The summed E-state index contributed by atoms with van der Waals surface area (Å²) < 4.78 is 7.70. The number of fused-ring (bicyclic) bond motifs is 1. The van der Waals surface area contributed by atoms with Gasteiger partial charge in [0.2, 0.25) is 0 Å². The van der Waals surface area contributed by atoms with Crippen LogP contribution in [-0.4, -0.2) is 53.6 Å². The molecule has 7 heteroatoms. The second kappa shape index (κ2) is 12.3. The lowest BCUT2D eigenvalue weighted by Crippen LogP contribution is -2.24. The number of benzene rings is 2. The van der Waals surface area contributed by atoms with E-state index in [0.717, 1.165) is 41.8 Å². The van der Waals surface area contributed by atoms with Gasteiger partial charge >= 0.3 is 0 Å². The number of ether oxygens (including phenoxy) is 1. The Hall–Kier alpha value is -4.23. The molecule has 0 aliphatic heterocycles. The van der Waals surface area contributed by atoms with Gasteiger partial charge in [0.25, 0.3) is 5.91 Å². The zero-order valence-corrected chi connectivity index (χ0v) is 23.4. The zero-order valence-electron chi connectivity index (χ0n) is 23.4. The fourth-order valence-corrected chi connectivity index (χ4v) is 5.02. The number of Topliss-reactive ketones (excluding diaryl/α,β-unsaturated/α-hetero) is 1. The number of ketones is 1. The number of carbonyl (C=O) groups excluding carboxylic acids is 2. The molecule has 0 unspecified atom stereocenters. The summed E-state index contributed by atoms with van der Waals surface area (Å²) in [6, 6.07) is 14.5. The Balaban J connectivity index is 1.22. The van der Waals surface area contributed by atoms with Crippen LogP contribution in [0, 0.1) is 0 Å². The van der Waals surface area contributed by atoms with E-state index in [1.165, 1.54) is 11.1 Å². The van der Waals surface area contributed by atoms with E-state index in [-0.39, 0.29) is 18.1 Å². The zero-order chi connectivity index (χ0) is 28.1. The molecule has 0 atom stereocenters. The highest BCUT2D eigenvalue weighted by Gasteiger charge is 2.24. The van der Waals surface area contributed by atoms with Crippen molar-refractivity contribution >= 4 is 17.8 Å². The molecule has 1 aromatic heterocycles. The van der Waals surface area contributed by atoms with Crippen LogP contribution in [0.2, 0.25) is 0 Å². The van der Waals surface area contributed by atoms with Gasteiger partial charge in [-0.05, 0) is 79.4 Å². The monoisotopic (exact) mass is 536 g/mol. The molecule has 206 valence electrons. The summed E-state index contributed by atoms with van der Waals surface area (Å²) in [6.45, 7) is 4.37. The van der Waals surface area contributed by atoms with Crippen LogP contribution in [0.1, 0.15) is 52.4 Å². The first kappa shape index (κ1) is 27.3. The maximum Gasteiger partial charge on any atom is 0.258 e. The summed E-state index contributed by atoms with van der Waals surface area (Å²) in [5, 5.41) is 7.34. The van der Waals surface area contributed by atoms with Crippen LogP contribution in [-0.2, 0) is 24.2 Å². The Morgan fingerprint density at radius 1 is 1.12 bits per heavy atom. The Labute approximate surface area is 235 Å². The van der Waals surface area contributed by atoms with E-state index in [0.29, 0.717) is 36.4 Å². The molecule has 0 fully saturated rings. The number of hydrogen-bond donors (Lipinski definition) is 1. The fraction of sp³-hybridized carbons (Fsp3) is 0.303. The lowest BCUT2D eigenvalue weighted by molar-refractivity contribution is -0.114.